The van der Waals surface area contributed by atoms with E-state index in [1.54, 1.807) is 17.9 Å². The minimum atomic E-state index is -0.519. The first kappa shape index (κ1) is 25.9. The second-order valence-electron chi connectivity index (χ2n) is 11.3. The highest BCUT2D eigenvalue weighted by atomic mass is 16.5. The van der Waals surface area contributed by atoms with Gasteiger partial charge < -0.3 is 20.5 Å². The van der Waals surface area contributed by atoms with Gasteiger partial charge in [0.25, 0.3) is 5.91 Å². The number of benzene rings is 1. The monoisotopic (exact) mass is 507 g/mol. The van der Waals surface area contributed by atoms with Gasteiger partial charge >= 0.3 is 0 Å². The summed E-state index contributed by atoms with van der Waals surface area (Å²) in [4.78, 5) is 31.4. The van der Waals surface area contributed by atoms with E-state index in [9.17, 15) is 9.59 Å². The molecule has 3 fully saturated rings. The largest absolute Gasteiger partial charge is 0.361 e. The molecule has 0 radical (unpaired) electrons. The van der Waals surface area contributed by atoms with Crippen molar-refractivity contribution in [1.82, 2.24) is 20.3 Å². The molecule has 1 saturated heterocycles. The molecular formula is C29H41N5O3. The van der Waals surface area contributed by atoms with Gasteiger partial charge in [0, 0.05) is 37.8 Å². The van der Waals surface area contributed by atoms with Gasteiger partial charge in [-0.25, -0.2) is 0 Å². The average Bonchev–Trinajstić information content (AvgIpc) is 3.69. The highest BCUT2D eigenvalue weighted by molar-refractivity contribution is 5.96. The maximum Gasteiger partial charge on any atom is 0.276 e. The summed E-state index contributed by atoms with van der Waals surface area (Å²) < 4.78 is 5.17. The Morgan fingerprint density at radius 3 is 2.57 bits per heavy atom. The van der Waals surface area contributed by atoms with Gasteiger partial charge in [0.05, 0.1) is 0 Å². The number of hydrogen-bond acceptors (Lipinski definition) is 6. The van der Waals surface area contributed by atoms with Crippen LogP contribution in [0.3, 0.4) is 0 Å². The Bertz CT molecular complexity index is 1050. The normalized spacial score (nSPS) is 26.3. The zero-order valence-corrected chi connectivity index (χ0v) is 22.0. The number of aryl methyl sites for hydroxylation is 1. The molecule has 37 heavy (non-hydrogen) atoms. The van der Waals surface area contributed by atoms with Crippen molar-refractivity contribution in [3.63, 3.8) is 0 Å². The zero-order valence-electron chi connectivity index (χ0n) is 22.0. The number of rotatable bonds is 9. The van der Waals surface area contributed by atoms with Gasteiger partial charge in [0.1, 0.15) is 11.8 Å². The summed E-state index contributed by atoms with van der Waals surface area (Å²) in [6.07, 6.45) is 8.41. The molecule has 0 bridgehead atoms. The van der Waals surface area contributed by atoms with Crippen LogP contribution in [0.4, 0.5) is 0 Å². The average molecular weight is 508 g/mol. The lowest BCUT2D eigenvalue weighted by atomic mass is 9.81. The summed E-state index contributed by atoms with van der Waals surface area (Å²) in [5.41, 5.74) is 7.49. The van der Waals surface area contributed by atoms with Crippen LogP contribution >= 0.6 is 0 Å². The zero-order chi connectivity index (χ0) is 25.8. The Labute approximate surface area is 219 Å². The highest BCUT2D eigenvalue weighted by Gasteiger charge is 2.42. The van der Waals surface area contributed by atoms with E-state index >= 15 is 0 Å². The molecule has 200 valence electrons. The van der Waals surface area contributed by atoms with Gasteiger partial charge in [-0.05, 0) is 75.8 Å². The Morgan fingerprint density at radius 1 is 1.08 bits per heavy atom. The fraction of sp³-hybridized carbons (Fsp3) is 0.621. The van der Waals surface area contributed by atoms with E-state index < -0.39 is 6.04 Å². The van der Waals surface area contributed by atoms with Gasteiger partial charge in [0.2, 0.25) is 5.91 Å². The number of likely N-dealkylation sites (tertiary alicyclic amines) is 1. The number of amides is 2. The fourth-order valence-corrected chi connectivity index (χ4v) is 6.28. The van der Waals surface area contributed by atoms with Crippen molar-refractivity contribution < 1.29 is 14.1 Å². The second kappa shape index (κ2) is 11.8. The van der Waals surface area contributed by atoms with Gasteiger partial charge in [-0.2, -0.15) is 0 Å². The first-order valence-electron chi connectivity index (χ1n) is 14.0. The van der Waals surface area contributed by atoms with Crippen molar-refractivity contribution in [2.75, 3.05) is 19.6 Å². The molecule has 4 atom stereocenters. The minimum Gasteiger partial charge on any atom is -0.361 e. The predicted octanol–water partition coefficient (Wildman–Crippen LogP) is 3.50. The highest BCUT2D eigenvalue weighted by Crippen LogP contribution is 2.35. The summed E-state index contributed by atoms with van der Waals surface area (Å²) in [6.45, 7) is 4.55. The standard InChI is InChI=1S/C29H41N5O3/c1-20-14-26(32-37-20)29(36)33-13-12-25(34(24-10-11-24)19-21-6-3-2-4-7-21)16-27(33)28(35)31-18-23-9-5-8-22(15-23)17-30/h2-4,6-7,14,22-25,27H,5,8-13,15-19,30H2,1H3,(H,31,35)/t22?,23?,25?,27-/m1/s1. The topological polar surface area (TPSA) is 105 Å². The molecule has 1 aliphatic heterocycles. The molecule has 0 spiro atoms. The Kier molecular flexibility index (Phi) is 8.25. The third-order valence-corrected chi connectivity index (χ3v) is 8.47. The van der Waals surface area contributed by atoms with Gasteiger partial charge in [-0.3, -0.25) is 14.5 Å². The smallest absolute Gasteiger partial charge is 0.276 e. The van der Waals surface area contributed by atoms with Gasteiger partial charge in [0.15, 0.2) is 5.69 Å². The third kappa shape index (κ3) is 6.41. The minimum absolute atomic E-state index is 0.0522. The molecule has 2 saturated carbocycles. The number of nitrogens with one attached hydrogen (secondary N) is 1. The number of nitrogens with two attached hydrogens (primary N) is 1. The number of carbonyl (C=O) groups is 2. The van der Waals surface area contributed by atoms with E-state index in [2.05, 4.69) is 39.6 Å². The van der Waals surface area contributed by atoms with Crippen molar-refractivity contribution in [3.8, 4) is 0 Å². The van der Waals surface area contributed by atoms with Crippen LogP contribution in [0.2, 0.25) is 0 Å². The predicted molar refractivity (Wildman–Crippen MR) is 142 cm³/mol. The number of piperidine rings is 1. The number of hydrogen-bond donors (Lipinski definition) is 2. The molecule has 2 amide bonds. The Morgan fingerprint density at radius 2 is 1.86 bits per heavy atom. The van der Waals surface area contributed by atoms with Crippen LogP contribution in [0, 0.1) is 18.8 Å². The molecule has 2 aliphatic carbocycles. The van der Waals surface area contributed by atoms with E-state index in [-0.39, 0.29) is 23.6 Å². The van der Waals surface area contributed by atoms with Gasteiger partial charge in [-0.15, -0.1) is 0 Å². The van der Waals surface area contributed by atoms with Crippen molar-refractivity contribution >= 4 is 11.8 Å². The molecule has 1 aromatic heterocycles. The van der Waals surface area contributed by atoms with Crippen LogP contribution in [0.5, 0.6) is 0 Å². The van der Waals surface area contributed by atoms with E-state index in [0.717, 1.165) is 25.8 Å². The maximum atomic E-state index is 13.7. The van der Waals surface area contributed by atoms with Crippen LogP contribution in [0.25, 0.3) is 0 Å². The molecule has 5 rings (SSSR count). The van der Waals surface area contributed by atoms with E-state index in [4.69, 9.17) is 10.3 Å². The first-order valence-corrected chi connectivity index (χ1v) is 14.0. The molecule has 3 N–H and O–H groups in total. The number of carbonyl (C=O) groups excluding carboxylic acids is 2. The lowest BCUT2D eigenvalue weighted by Crippen LogP contribution is -2.58. The van der Waals surface area contributed by atoms with Crippen LogP contribution in [0.15, 0.2) is 40.9 Å². The summed E-state index contributed by atoms with van der Waals surface area (Å²) in [6, 6.07) is 12.5. The molecular weight excluding hydrogens is 466 g/mol. The van der Waals surface area contributed by atoms with Crippen LogP contribution in [-0.4, -0.2) is 64.5 Å². The lowest BCUT2D eigenvalue weighted by molar-refractivity contribution is -0.128. The molecule has 2 heterocycles. The summed E-state index contributed by atoms with van der Waals surface area (Å²) >= 11 is 0. The second-order valence-corrected chi connectivity index (χ2v) is 11.3. The van der Waals surface area contributed by atoms with Crippen molar-refractivity contribution in [3.05, 3.63) is 53.4 Å². The lowest BCUT2D eigenvalue weighted by Gasteiger charge is -2.43. The summed E-state index contributed by atoms with van der Waals surface area (Å²) in [7, 11) is 0. The van der Waals surface area contributed by atoms with E-state index in [1.807, 2.05) is 6.07 Å². The van der Waals surface area contributed by atoms with Crippen LogP contribution < -0.4 is 11.1 Å². The molecule has 8 heteroatoms. The van der Waals surface area contributed by atoms with Gasteiger partial charge in [-0.1, -0.05) is 41.9 Å². The Balaban J connectivity index is 1.30. The molecule has 1 aromatic carbocycles. The molecule has 8 nitrogen and oxygen atoms in total. The Hall–Kier alpha value is -2.71. The van der Waals surface area contributed by atoms with Crippen LogP contribution in [0.1, 0.15) is 73.2 Å². The van der Waals surface area contributed by atoms with Crippen molar-refractivity contribution in [2.45, 2.75) is 83.0 Å². The molecule has 2 aromatic rings. The fourth-order valence-electron chi connectivity index (χ4n) is 6.28. The van der Waals surface area contributed by atoms with E-state index in [0.29, 0.717) is 49.7 Å². The molecule has 3 unspecified atom stereocenters. The third-order valence-electron chi connectivity index (χ3n) is 8.47. The SMILES string of the molecule is Cc1cc(C(=O)N2CCC(N(Cc3ccccc3)C3CC3)C[C@@H]2C(=O)NCC2CCCC(CN)C2)no1. The first-order chi connectivity index (χ1) is 18.0. The van der Waals surface area contributed by atoms with Crippen molar-refractivity contribution in [2.24, 2.45) is 17.6 Å². The van der Waals surface area contributed by atoms with Crippen LogP contribution in [-0.2, 0) is 11.3 Å². The number of aromatic nitrogens is 1. The number of nitrogens with zero attached hydrogens (tertiary/aromatic N) is 3. The van der Waals surface area contributed by atoms with Crippen molar-refractivity contribution in [1.29, 1.82) is 0 Å². The van der Waals surface area contributed by atoms with E-state index in [1.165, 1.54) is 31.2 Å². The molecule has 3 aliphatic rings. The summed E-state index contributed by atoms with van der Waals surface area (Å²) in [5.74, 6) is 1.32. The quantitative estimate of drug-likeness (QED) is 0.538. The maximum absolute atomic E-state index is 13.7. The summed E-state index contributed by atoms with van der Waals surface area (Å²) in [5, 5.41) is 7.18.